The SMILES string of the molecule is C=C(C)c1cc(OCC)ccc1Cc1ccc(O)c(C(C)C)c1F. The molecule has 0 spiro atoms. The molecule has 0 atom stereocenters. The monoisotopic (exact) mass is 328 g/mol. The first-order valence-corrected chi connectivity index (χ1v) is 8.27. The van der Waals surface area contributed by atoms with E-state index in [4.69, 9.17) is 4.74 Å². The Bertz CT molecular complexity index is 748. The Morgan fingerprint density at radius 1 is 1.21 bits per heavy atom. The van der Waals surface area contributed by atoms with E-state index in [1.165, 1.54) is 0 Å². The smallest absolute Gasteiger partial charge is 0.133 e. The fourth-order valence-corrected chi connectivity index (χ4v) is 2.88. The average molecular weight is 328 g/mol. The van der Waals surface area contributed by atoms with Gasteiger partial charge in [-0.15, -0.1) is 0 Å². The van der Waals surface area contributed by atoms with Crippen molar-refractivity contribution < 1.29 is 14.2 Å². The van der Waals surface area contributed by atoms with E-state index in [1.807, 2.05) is 45.9 Å². The third-order valence-corrected chi connectivity index (χ3v) is 4.05. The molecule has 0 heterocycles. The normalized spacial score (nSPS) is 10.9. The van der Waals surface area contributed by atoms with Crippen LogP contribution in [-0.4, -0.2) is 11.7 Å². The maximum Gasteiger partial charge on any atom is 0.133 e. The summed E-state index contributed by atoms with van der Waals surface area (Å²) in [6.07, 6.45) is 0.445. The first-order valence-electron chi connectivity index (χ1n) is 8.27. The zero-order chi connectivity index (χ0) is 17.9. The van der Waals surface area contributed by atoms with Gasteiger partial charge < -0.3 is 9.84 Å². The fourth-order valence-electron chi connectivity index (χ4n) is 2.88. The number of halogens is 1. The number of ether oxygens (including phenoxy) is 1. The van der Waals surface area contributed by atoms with E-state index < -0.39 is 0 Å². The number of phenols is 1. The predicted octanol–water partition coefficient (Wildman–Crippen LogP) is 5.68. The van der Waals surface area contributed by atoms with Gasteiger partial charge in [0.2, 0.25) is 0 Å². The van der Waals surface area contributed by atoms with Gasteiger partial charge in [0.25, 0.3) is 0 Å². The van der Waals surface area contributed by atoms with E-state index >= 15 is 0 Å². The molecule has 0 saturated heterocycles. The van der Waals surface area contributed by atoms with Crippen LogP contribution < -0.4 is 4.74 Å². The summed E-state index contributed by atoms with van der Waals surface area (Å²) < 4.78 is 20.3. The first kappa shape index (κ1) is 18.1. The minimum absolute atomic E-state index is 0.0121. The Balaban J connectivity index is 2.45. The van der Waals surface area contributed by atoms with Crippen LogP contribution in [0, 0.1) is 5.82 Å². The molecule has 0 amide bonds. The summed E-state index contributed by atoms with van der Waals surface area (Å²) in [6, 6.07) is 9.02. The van der Waals surface area contributed by atoms with Gasteiger partial charge in [0.05, 0.1) is 6.61 Å². The average Bonchev–Trinajstić information content (AvgIpc) is 2.51. The number of hydrogen-bond acceptors (Lipinski definition) is 2. The summed E-state index contributed by atoms with van der Waals surface area (Å²) in [5.74, 6) is 0.392. The van der Waals surface area contributed by atoms with Gasteiger partial charge >= 0.3 is 0 Å². The van der Waals surface area contributed by atoms with Gasteiger partial charge in [-0.25, -0.2) is 4.39 Å². The maximum atomic E-state index is 14.8. The molecule has 0 bridgehead atoms. The largest absolute Gasteiger partial charge is 0.508 e. The Hall–Kier alpha value is -2.29. The highest BCUT2D eigenvalue weighted by Crippen LogP contribution is 2.32. The summed E-state index contributed by atoms with van der Waals surface area (Å²) in [5.41, 5.74) is 3.82. The van der Waals surface area contributed by atoms with Crippen molar-refractivity contribution >= 4 is 5.57 Å². The second kappa shape index (κ2) is 7.52. The van der Waals surface area contributed by atoms with Gasteiger partial charge in [-0.1, -0.05) is 38.1 Å². The molecule has 0 aliphatic rings. The van der Waals surface area contributed by atoms with Crippen LogP contribution in [0.1, 0.15) is 55.9 Å². The number of aromatic hydroxyl groups is 1. The summed E-state index contributed by atoms with van der Waals surface area (Å²) >= 11 is 0. The van der Waals surface area contributed by atoms with Crippen LogP contribution in [0.3, 0.4) is 0 Å². The predicted molar refractivity (Wildman–Crippen MR) is 97.3 cm³/mol. The Morgan fingerprint density at radius 3 is 2.46 bits per heavy atom. The third-order valence-electron chi connectivity index (χ3n) is 4.05. The molecule has 2 aromatic carbocycles. The van der Waals surface area contributed by atoms with Crippen molar-refractivity contribution in [2.75, 3.05) is 6.61 Å². The van der Waals surface area contributed by atoms with Crippen molar-refractivity contribution in [3.8, 4) is 11.5 Å². The van der Waals surface area contributed by atoms with Crippen molar-refractivity contribution in [3.05, 3.63) is 65.0 Å². The van der Waals surface area contributed by atoms with Gasteiger partial charge in [-0.2, -0.15) is 0 Å². The van der Waals surface area contributed by atoms with Gasteiger partial charge in [0.1, 0.15) is 17.3 Å². The number of phenolic OH excluding ortho intramolecular Hbond substituents is 1. The molecule has 0 aliphatic heterocycles. The van der Waals surface area contributed by atoms with Gasteiger partial charge in [0.15, 0.2) is 0 Å². The maximum absolute atomic E-state index is 14.8. The van der Waals surface area contributed by atoms with Crippen molar-refractivity contribution in [1.82, 2.24) is 0 Å². The minimum atomic E-state index is -0.327. The van der Waals surface area contributed by atoms with E-state index in [2.05, 4.69) is 6.58 Å². The van der Waals surface area contributed by atoms with Crippen LogP contribution in [-0.2, 0) is 6.42 Å². The zero-order valence-corrected chi connectivity index (χ0v) is 14.8. The van der Waals surface area contributed by atoms with Crippen molar-refractivity contribution in [1.29, 1.82) is 0 Å². The van der Waals surface area contributed by atoms with E-state index in [9.17, 15) is 9.50 Å². The molecule has 0 saturated carbocycles. The van der Waals surface area contributed by atoms with E-state index in [-0.39, 0.29) is 17.5 Å². The molecular formula is C21H25FO2. The molecule has 1 N–H and O–H groups in total. The minimum Gasteiger partial charge on any atom is -0.508 e. The molecule has 0 aliphatic carbocycles. The molecule has 2 rings (SSSR count). The first-order chi connectivity index (χ1) is 11.3. The molecule has 0 unspecified atom stereocenters. The highest BCUT2D eigenvalue weighted by Gasteiger charge is 2.17. The molecule has 2 nitrogen and oxygen atoms in total. The molecule has 3 heteroatoms. The number of hydrogen-bond donors (Lipinski definition) is 1. The van der Waals surface area contributed by atoms with Crippen molar-refractivity contribution in [2.45, 2.75) is 40.0 Å². The van der Waals surface area contributed by atoms with Gasteiger partial charge in [-0.3, -0.25) is 0 Å². The fraction of sp³-hybridized carbons (Fsp3) is 0.333. The molecular weight excluding hydrogens is 303 g/mol. The lowest BCUT2D eigenvalue weighted by atomic mass is 9.92. The summed E-state index contributed by atoms with van der Waals surface area (Å²) in [7, 11) is 0. The second-order valence-corrected chi connectivity index (χ2v) is 6.34. The highest BCUT2D eigenvalue weighted by atomic mass is 19.1. The van der Waals surface area contributed by atoms with Crippen molar-refractivity contribution in [2.24, 2.45) is 0 Å². The van der Waals surface area contributed by atoms with Crippen LogP contribution in [0.25, 0.3) is 5.57 Å². The lowest BCUT2D eigenvalue weighted by Gasteiger charge is -2.16. The van der Waals surface area contributed by atoms with Crippen LogP contribution in [0.15, 0.2) is 36.9 Å². The number of benzene rings is 2. The van der Waals surface area contributed by atoms with E-state index in [0.29, 0.717) is 24.2 Å². The molecule has 0 radical (unpaired) electrons. The third kappa shape index (κ3) is 3.78. The second-order valence-electron chi connectivity index (χ2n) is 6.34. The number of allylic oxidation sites excluding steroid dienone is 1. The topological polar surface area (TPSA) is 29.5 Å². The summed E-state index contributed by atoms with van der Waals surface area (Å²) in [4.78, 5) is 0. The van der Waals surface area contributed by atoms with Crippen LogP contribution in [0.2, 0.25) is 0 Å². The van der Waals surface area contributed by atoms with Crippen LogP contribution >= 0.6 is 0 Å². The lowest BCUT2D eigenvalue weighted by molar-refractivity contribution is 0.340. The van der Waals surface area contributed by atoms with Gasteiger partial charge in [-0.05, 0) is 54.7 Å². The van der Waals surface area contributed by atoms with Crippen LogP contribution in [0.4, 0.5) is 4.39 Å². The Kier molecular flexibility index (Phi) is 5.66. The molecule has 2 aromatic rings. The van der Waals surface area contributed by atoms with E-state index in [1.54, 1.807) is 12.1 Å². The Labute approximate surface area is 143 Å². The number of rotatable bonds is 6. The molecule has 128 valence electrons. The Morgan fingerprint density at radius 2 is 1.88 bits per heavy atom. The lowest BCUT2D eigenvalue weighted by Crippen LogP contribution is -2.02. The quantitative estimate of drug-likeness (QED) is 0.739. The highest BCUT2D eigenvalue weighted by molar-refractivity contribution is 5.66. The zero-order valence-electron chi connectivity index (χ0n) is 14.8. The molecule has 0 aromatic heterocycles. The summed E-state index contributed by atoms with van der Waals surface area (Å²) in [5, 5.41) is 9.92. The standard InChI is InChI=1S/C21H25FO2/c1-6-24-17-9-7-15(18(12-17)13(2)3)11-16-8-10-19(23)20(14(4)5)21(16)22/h7-10,12,14,23H,2,6,11H2,1,3-5H3. The summed E-state index contributed by atoms with van der Waals surface area (Å²) in [6.45, 7) is 12.2. The molecule has 0 fully saturated rings. The van der Waals surface area contributed by atoms with Crippen molar-refractivity contribution in [3.63, 3.8) is 0 Å². The molecule has 24 heavy (non-hydrogen) atoms. The van der Waals surface area contributed by atoms with Crippen LogP contribution in [0.5, 0.6) is 11.5 Å². The van der Waals surface area contributed by atoms with E-state index in [0.717, 1.165) is 22.4 Å². The van der Waals surface area contributed by atoms with Gasteiger partial charge in [0, 0.05) is 12.0 Å².